The zero-order valence-corrected chi connectivity index (χ0v) is 52.9. The van der Waals surface area contributed by atoms with Gasteiger partial charge in [-0.2, -0.15) is 0 Å². The minimum absolute atomic E-state index is 0.0501. The predicted octanol–water partition coefficient (Wildman–Crippen LogP) is 18.5. The monoisotopic (exact) mass is 1170 g/mol. The van der Waals surface area contributed by atoms with Crippen LogP contribution in [0.4, 0.5) is 0 Å². The second-order valence-electron chi connectivity index (χ2n) is 23.1. The third kappa shape index (κ3) is 48.0. The standard InChI is InChI=1S/C71H122O12/c1-4-7-10-13-16-19-22-25-28-30-32-34-37-39-42-45-48-51-54-57-63(72)79-60-62(81-64(73)58-55-52-49-46-43-40-36-27-24-21-18-15-12-9-6-3)61-80-71-69(67(76)66(75)68(83-71)70(77)78)82-65(74)59-56-53-50-47-44-41-38-35-33-31-29-26-23-20-17-14-11-8-5-2/h9,12,17-18,20-21,26-27,29,36,43,46,62,66-69,71,75-76H,4-8,10-11,13-16,19,22-25,28,30-35,37-42,44-45,47-61H2,1-3H3,(H,77,78)/b12-9-,20-17-,21-18-,29-26-,36-27-,46-43-. The Kier molecular flexibility index (Phi) is 54.4. The molecule has 83 heavy (non-hydrogen) atoms. The van der Waals surface area contributed by atoms with E-state index in [1.54, 1.807) is 0 Å². The molecule has 1 fully saturated rings. The van der Waals surface area contributed by atoms with Crippen molar-refractivity contribution in [3.63, 3.8) is 0 Å². The SMILES string of the molecule is CC/C=C\C/C=C\C/C=C\C/C=C\CCCCC(=O)OC(COC(=O)CCCCCCCCCCCCCCCCCCCCC)COC1OC(C(=O)O)C(O)C(O)C1OC(=O)CCCCCCCCCCC/C=C\C/C=C\CCCCC. The number of ether oxygens (including phenoxy) is 5. The lowest BCUT2D eigenvalue weighted by atomic mass is 9.98. The summed E-state index contributed by atoms with van der Waals surface area (Å²) in [6.07, 6.45) is 62.9. The summed E-state index contributed by atoms with van der Waals surface area (Å²) in [7, 11) is 0. The van der Waals surface area contributed by atoms with Gasteiger partial charge in [-0.25, -0.2) is 4.79 Å². The van der Waals surface area contributed by atoms with Gasteiger partial charge in [-0.3, -0.25) is 14.4 Å². The van der Waals surface area contributed by atoms with E-state index >= 15 is 0 Å². The van der Waals surface area contributed by atoms with Gasteiger partial charge in [-0.05, 0) is 89.9 Å². The van der Waals surface area contributed by atoms with Crippen molar-refractivity contribution in [3.8, 4) is 0 Å². The van der Waals surface area contributed by atoms with Crippen LogP contribution in [0.15, 0.2) is 72.9 Å². The minimum Gasteiger partial charge on any atom is -0.479 e. The van der Waals surface area contributed by atoms with Gasteiger partial charge in [-0.15, -0.1) is 0 Å². The second kappa shape index (κ2) is 58.5. The third-order valence-electron chi connectivity index (χ3n) is 15.3. The summed E-state index contributed by atoms with van der Waals surface area (Å²) in [5.41, 5.74) is 0. The average molecular weight is 1170 g/mol. The van der Waals surface area contributed by atoms with E-state index < -0.39 is 67.3 Å². The fourth-order valence-corrected chi connectivity index (χ4v) is 10.1. The molecule has 1 rings (SSSR count). The Bertz CT molecular complexity index is 1720. The molecule has 12 heteroatoms. The molecule has 6 unspecified atom stereocenters. The van der Waals surface area contributed by atoms with E-state index in [1.807, 2.05) is 0 Å². The molecule has 6 atom stereocenters. The summed E-state index contributed by atoms with van der Waals surface area (Å²) >= 11 is 0. The van der Waals surface area contributed by atoms with E-state index in [-0.39, 0.29) is 25.9 Å². The number of hydrogen-bond donors (Lipinski definition) is 3. The predicted molar refractivity (Wildman–Crippen MR) is 340 cm³/mol. The first-order valence-electron chi connectivity index (χ1n) is 33.9. The number of carbonyl (C=O) groups excluding carboxylic acids is 3. The molecule has 0 aromatic carbocycles. The second-order valence-corrected chi connectivity index (χ2v) is 23.1. The lowest BCUT2D eigenvalue weighted by molar-refractivity contribution is -0.301. The number of esters is 3. The molecule has 1 heterocycles. The first-order valence-corrected chi connectivity index (χ1v) is 33.9. The largest absolute Gasteiger partial charge is 0.479 e. The molecule has 0 aromatic heterocycles. The Balaban J connectivity index is 2.64. The molecular formula is C71H122O12. The number of carboxylic acid groups (broad SMARTS) is 1. The minimum atomic E-state index is -1.91. The van der Waals surface area contributed by atoms with Crippen molar-refractivity contribution < 1.29 is 58.2 Å². The molecule has 0 amide bonds. The molecule has 0 saturated carbocycles. The normalized spacial score (nSPS) is 18.0. The molecule has 3 N–H and O–H groups in total. The lowest BCUT2D eigenvalue weighted by Gasteiger charge is -2.40. The van der Waals surface area contributed by atoms with Crippen LogP contribution in [0.2, 0.25) is 0 Å². The molecule has 0 bridgehead atoms. The first kappa shape index (κ1) is 77.2. The van der Waals surface area contributed by atoms with E-state index in [4.69, 9.17) is 23.7 Å². The topological polar surface area (TPSA) is 175 Å². The summed E-state index contributed by atoms with van der Waals surface area (Å²) in [5, 5.41) is 31.6. The molecule has 0 spiro atoms. The van der Waals surface area contributed by atoms with Gasteiger partial charge in [0, 0.05) is 19.3 Å². The van der Waals surface area contributed by atoms with E-state index in [9.17, 15) is 34.5 Å². The van der Waals surface area contributed by atoms with Gasteiger partial charge in [0.05, 0.1) is 6.61 Å². The van der Waals surface area contributed by atoms with Crippen LogP contribution in [-0.2, 0) is 42.9 Å². The van der Waals surface area contributed by atoms with Crippen LogP contribution in [0, 0.1) is 0 Å². The highest BCUT2D eigenvalue weighted by Gasteiger charge is 2.50. The average Bonchev–Trinajstić information content (AvgIpc) is 3.60. The van der Waals surface area contributed by atoms with Crippen molar-refractivity contribution in [1.82, 2.24) is 0 Å². The van der Waals surface area contributed by atoms with E-state index in [0.29, 0.717) is 19.3 Å². The van der Waals surface area contributed by atoms with Crippen LogP contribution in [-0.4, -0.2) is 89.2 Å². The molecule has 1 aliphatic rings. The Labute approximate surface area is 506 Å². The number of rotatable bonds is 58. The van der Waals surface area contributed by atoms with Crippen LogP contribution in [0.25, 0.3) is 0 Å². The number of hydrogen-bond acceptors (Lipinski definition) is 11. The molecule has 0 radical (unpaired) electrons. The number of aliphatic carboxylic acids is 1. The van der Waals surface area contributed by atoms with Crippen molar-refractivity contribution in [2.45, 2.75) is 340 Å². The van der Waals surface area contributed by atoms with Gasteiger partial charge < -0.3 is 39.0 Å². The lowest BCUT2D eigenvalue weighted by Crippen LogP contribution is -2.61. The van der Waals surface area contributed by atoms with Crippen LogP contribution >= 0.6 is 0 Å². The molecule has 478 valence electrons. The van der Waals surface area contributed by atoms with Crippen molar-refractivity contribution in [1.29, 1.82) is 0 Å². The summed E-state index contributed by atoms with van der Waals surface area (Å²) in [6, 6.07) is 0. The van der Waals surface area contributed by atoms with Gasteiger partial charge in [0.2, 0.25) is 0 Å². The van der Waals surface area contributed by atoms with E-state index in [1.165, 1.54) is 148 Å². The zero-order valence-electron chi connectivity index (χ0n) is 52.9. The molecule has 0 aliphatic carbocycles. The third-order valence-corrected chi connectivity index (χ3v) is 15.3. The first-order chi connectivity index (χ1) is 40.6. The molecule has 12 nitrogen and oxygen atoms in total. The van der Waals surface area contributed by atoms with Crippen LogP contribution in [0.1, 0.15) is 303 Å². The Hall–Kier alpha value is -3.84. The number of allylic oxidation sites excluding steroid dienone is 12. The summed E-state index contributed by atoms with van der Waals surface area (Å²) in [4.78, 5) is 51.4. The maximum atomic E-state index is 13.2. The fourth-order valence-electron chi connectivity index (χ4n) is 10.1. The summed E-state index contributed by atoms with van der Waals surface area (Å²) in [6.45, 7) is 5.87. The number of carbonyl (C=O) groups is 4. The van der Waals surface area contributed by atoms with Crippen molar-refractivity contribution in [2.75, 3.05) is 13.2 Å². The van der Waals surface area contributed by atoms with Gasteiger partial charge in [0.1, 0.15) is 18.8 Å². The van der Waals surface area contributed by atoms with Gasteiger partial charge >= 0.3 is 23.9 Å². The van der Waals surface area contributed by atoms with Crippen molar-refractivity contribution in [2.24, 2.45) is 0 Å². The Morgan fingerprint density at radius 3 is 1.20 bits per heavy atom. The molecular weight excluding hydrogens is 1040 g/mol. The van der Waals surface area contributed by atoms with Gasteiger partial charge in [-0.1, -0.05) is 267 Å². The zero-order chi connectivity index (χ0) is 60.3. The molecule has 0 aromatic rings. The maximum absolute atomic E-state index is 13.2. The highest BCUT2D eigenvalue weighted by atomic mass is 16.7. The highest BCUT2D eigenvalue weighted by molar-refractivity contribution is 5.74. The molecule has 1 aliphatic heterocycles. The van der Waals surface area contributed by atoms with Crippen LogP contribution < -0.4 is 0 Å². The Morgan fingerprint density at radius 1 is 0.410 bits per heavy atom. The summed E-state index contributed by atoms with van der Waals surface area (Å²) in [5.74, 6) is -3.16. The smallest absolute Gasteiger partial charge is 0.335 e. The van der Waals surface area contributed by atoms with Crippen LogP contribution in [0.3, 0.4) is 0 Å². The van der Waals surface area contributed by atoms with Crippen LogP contribution in [0.5, 0.6) is 0 Å². The summed E-state index contributed by atoms with van der Waals surface area (Å²) < 4.78 is 28.5. The van der Waals surface area contributed by atoms with Crippen molar-refractivity contribution in [3.05, 3.63) is 72.9 Å². The number of carboxylic acids is 1. The highest BCUT2D eigenvalue weighted by Crippen LogP contribution is 2.27. The van der Waals surface area contributed by atoms with E-state index in [2.05, 4.69) is 93.7 Å². The van der Waals surface area contributed by atoms with E-state index in [0.717, 1.165) is 96.3 Å². The number of aliphatic hydroxyl groups excluding tert-OH is 2. The van der Waals surface area contributed by atoms with Gasteiger partial charge in [0.15, 0.2) is 24.6 Å². The maximum Gasteiger partial charge on any atom is 0.335 e. The number of unbranched alkanes of at least 4 members (excludes halogenated alkanes) is 32. The number of aliphatic hydroxyl groups is 2. The Morgan fingerprint density at radius 2 is 0.759 bits per heavy atom. The molecule has 1 saturated heterocycles. The quantitative estimate of drug-likeness (QED) is 0.0228. The fraction of sp³-hybridized carbons (Fsp3) is 0.775. The van der Waals surface area contributed by atoms with Crippen molar-refractivity contribution >= 4 is 23.9 Å². The van der Waals surface area contributed by atoms with Gasteiger partial charge in [0.25, 0.3) is 0 Å².